The molecule has 0 aliphatic carbocycles. The number of likely N-dealkylation sites (tertiary alicyclic amines) is 1. The lowest BCUT2D eigenvalue weighted by molar-refractivity contribution is 0.0692. The van der Waals surface area contributed by atoms with Crippen LogP contribution in [0.2, 0.25) is 0 Å². The number of nitrogens with one attached hydrogen (secondary N) is 2. The lowest BCUT2D eigenvalue weighted by atomic mass is 9.88. The summed E-state index contributed by atoms with van der Waals surface area (Å²) >= 11 is 1.56. The van der Waals surface area contributed by atoms with Crippen LogP contribution in [0.15, 0.2) is 54.2 Å². The fourth-order valence-corrected chi connectivity index (χ4v) is 5.11. The lowest BCUT2D eigenvalue weighted by Gasteiger charge is -2.32. The van der Waals surface area contributed by atoms with E-state index in [1.165, 1.54) is 0 Å². The van der Waals surface area contributed by atoms with Crippen LogP contribution in [-0.2, 0) is 0 Å². The summed E-state index contributed by atoms with van der Waals surface area (Å²) in [5.74, 6) is 0.867. The Labute approximate surface area is 226 Å². The van der Waals surface area contributed by atoms with Crippen LogP contribution >= 0.6 is 11.3 Å². The first-order valence-corrected chi connectivity index (χ1v) is 13.8. The van der Waals surface area contributed by atoms with E-state index in [0.717, 1.165) is 10.4 Å². The summed E-state index contributed by atoms with van der Waals surface area (Å²) in [7, 11) is 0. The number of carbonyl (C=O) groups is 2. The number of hydrogen-bond donors (Lipinski definition) is 2. The van der Waals surface area contributed by atoms with Crippen molar-refractivity contribution in [1.29, 1.82) is 0 Å². The minimum absolute atomic E-state index is 0.0000847. The number of anilines is 1. The molecule has 1 saturated heterocycles. The van der Waals surface area contributed by atoms with Gasteiger partial charge in [-0.1, -0.05) is 39.0 Å². The molecule has 0 saturated carbocycles. The highest BCUT2D eigenvalue weighted by molar-refractivity contribution is 7.16. The van der Waals surface area contributed by atoms with E-state index in [4.69, 9.17) is 9.97 Å². The van der Waals surface area contributed by atoms with Crippen molar-refractivity contribution in [3.63, 3.8) is 0 Å². The standard InChI is InChI=1S/C28H33N7O2S/c1-18(28(2,3)4)30-23-16-22(32-24(33-23)21-17-29-35-14-15-38-27(21)35)26(37)34-12-10-20(11-13-34)31-25(36)19-8-6-5-7-9-19/h5-9,14-18,20H,10-13H2,1-4H3,(H,31,36)(H,30,32,33)/t18-/m1/s1. The van der Waals surface area contributed by atoms with Crippen molar-refractivity contribution in [1.82, 2.24) is 29.8 Å². The first kappa shape index (κ1) is 25.8. The highest BCUT2D eigenvalue weighted by Crippen LogP contribution is 2.28. The number of nitrogens with zero attached hydrogens (tertiary/aromatic N) is 5. The van der Waals surface area contributed by atoms with Crippen molar-refractivity contribution in [3.8, 4) is 11.4 Å². The molecule has 0 radical (unpaired) electrons. The van der Waals surface area contributed by atoms with Crippen LogP contribution in [0.4, 0.5) is 5.82 Å². The third-order valence-corrected chi connectivity index (χ3v) is 8.02. The maximum Gasteiger partial charge on any atom is 0.272 e. The van der Waals surface area contributed by atoms with Gasteiger partial charge in [-0.15, -0.1) is 11.3 Å². The normalized spacial score (nSPS) is 15.4. The molecule has 1 aliphatic rings. The second-order valence-electron chi connectivity index (χ2n) is 10.8. The summed E-state index contributed by atoms with van der Waals surface area (Å²) in [6.45, 7) is 9.67. The number of benzene rings is 1. The summed E-state index contributed by atoms with van der Waals surface area (Å²) in [5.41, 5.74) is 1.79. The SMILES string of the molecule is C[C@@H](Nc1cc(C(=O)N2CCC(NC(=O)c3ccccc3)CC2)nc(-c2cnn3ccsc23)n1)C(C)(C)C. The number of thiazole rings is 1. The molecule has 38 heavy (non-hydrogen) atoms. The Bertz CT molecular complexity index is 1430. The Morgan fingerprint density at radius 1 is 1.11 bits per heavy atom. The van der Waals surface area contributed by atoms with Crippen LogP contribution in [-0.4, -0.2) is 61.5 Å². The maximum absolute atomic E-state index is 13.6. The van der Waals surface area contributed by atoms with Gasteiger partial charge in [-0.3, -0.25) is 9.59 Å². The average Bonchev–Trinajstić information content (AvgIpc) is 3.53. The van der Waals surface area contributed by atoms with Gasteiger partial charge in [-0.05, 0) is 37.3 Å². The van der Waals surface area contributed by atoms with Gasteiger partial charge in [0.1, 0.15) is 16.3 Å². The van der Waals surface area contributed by atoms with Crippen molar-refractivity contribution in [2.45, 2.75) is 52.6 Å². The van der Waals surface area contributed by atoms with Crippen molar-refractivity contribution < 1.29 is 9.59 Å². The minimum atomic E-state index is -0.137. The van der Waals surface area contributed by atoms with Gasteiger partial charge in [0.25, 0.3) is 11.8 Å². The molecule has 198 valence electrons. The average molecular weight is 532 g/mol. The Kier molecular flexibility index (Phi) is 7.16. The summed E-state index contributed by atoms with van der Waals surface area (Å²) < 4.78 is 1.79. The van der Waals surface area contributed by atoms with E-state index in [2.05, 4.69) is 43.4 Å². The Morgan fingerprint density at radius 3 is 2.55 bits per heavy atom. The van der Waals surface area contributed by atoms with Gasteiger partial charge in [0.2, 0.25) is 0 Å². The number of piperidine rings is 1. The largest absolute Gasteiger partial charge is 0.367 e. The zero-order valence-corrected chi connectivity index (χ0v) is 23.0. The molecule has 1 aliphatic heterocycles. The maximum atomic E-state index is 13.6. The monoisotopic (exact) mass is 531 g/mol. The second kappa shape index (κ2) is 10.5. The van der Waals surface area contributed by atoms with E-state index in [0.29, 0.717) is 48.8 Å². The summed E-state index contributed by atoms with van der Waals surface area (Å²) in [4.78, 5) is 38.4. The number of rotatable bonds is 6. The fourth-order valence-electron chi connectivity index (χ4n) is 4.32. The zero-order valence-electron chi connectivity index (χ0n) is 22.1. The minimum Gasteiger partial charge on any atom is -0.367 e. The molecule has 4 aromatic rings. The van der Waals surface area contributed by atoms with E-state index in [1.807, 2.05) is 34.7 Å². The summed E-state index contributed by atoms with van der Waals surface area (Å²) in [5, 5.41) is 12.9. The van der Waals surface area contributed by atoms with E-state index in [1.54, 1.807) is 40.2 Å². The Morgan fingerprint density at radius 2 is 1.84 bits per heavy atom. The molecule has 1 fully saturated rings. The van der Waals surface area contributed by atoms with Gasteiger partial charge in [-0.25, -0.2) is 14.5 Å². The predicted molar refractivity (Wildman–Crippen MR) is 149 cm³/mol. The zero-order chi connectivity index (χ0) is 26.9. The first-order chi connectivity index (χ1) is 18.2. The quantitative estimate of drug-likeness (QED) is 0.373. The topological polar surface area (TPSA) is 105 Å². The van der Waals surface area contributed by atoms with Crippen LogP contribution in [0.1, 0.15) is 61.4 Å². The van der Waals surface area contributed by atoms with Gasteiger partial charge in [0.15, 0.2) is 5.82 Å². The van der Waals surface area contributed by atoms with Crippen LogP contribution < -0.4 is 10.6 Å². The summed E-state index contributed by atoms with van der Waals surface area (Å²) in [6.07, 6.45) is 5.01. The van der Waals surface area contributed by atoms with Gasteiger partial charge in [0, 0.05) is 48.4 Å². The molecule has 5 rings (SSSR count). The van der Waals surface area contributed by atoms with Crippen LogP contribution in [0, 0.1) is 5.41 Å². The number of fused-ring (bicyclic) bond motifs is 1. The van der Waals surface area contributed by atoms with Crippen molar-refractivity contribution in [3.05, 3.63) is 65.4 Å². The number of carbonyl (C=O) groups excluding carboxylic acids is 2. The van der Waals surface area contributed by atoms with Crippen LogP contribution in [0.3, 0.4) is 0 Å². The second-order valence-corrected chi connectivity index (χ2v) is 11.7. The highest BCUT2D eigenvalue weighted by atomic mass is 32.1. The van der Waals surface area contributed by atoms with Crippen molar-refractivity contribution in [2.24, 2.45) is 5.41 Å². The molecule has 10 heteroatoms. The molecule has 4 heterocycles. The van der Waals surface area contributed by atoms with Crippen LogP contribution in [0.25, 0.3) is 16.2 Å². The molecule has 0 bridgehead atoms. The van der Waals surface area contributed by atoms with Gasteiger partial charge < -0.3 is 15.5 Å². The third-order valence-electron chi connectivity index (χ3n) is 7.13. The molecular formula is C28H33N7O2S. The third kappa shape index (κ3) is 5.55. The van der Waals surface area contributed by atoms with E-state index >= 15 is 0 Å². The molecule has 0 spiro atoms. The molecule has 2 amide bonds. The molecule has 9 nitrogen and oxygen atoms in total. The molecule has 0 unspecified atom stereocenters. The molecule has 2 N–H and O–H groups in total. The van der Waals surface area contributed by atoms with Gasteiger partial charge in [0.05, 0.1) is 11.8 Å². The van der Waals surface area contributed by atoms with Gasteiger partial charge in [-0.2, -0.15) is 5.10 Å². The fraction of sp³-hybridized carbons (Fsp3) is 0.393. The number of hydrogen-bond acceptors (Lipinski definition) is 7. The van der Waals surface area contributed by atoms with Crippen molar-refractivity contribution in [2.75, 3.05) is 18.4 Å². The molecule has 1 atom stereocenters. The van der Waals surface area contributed by atoms with E-state index in [9.17, 15) is 9.59 Å². The summed E-state index contributed by atoms with van der Waals surface area (Å²) in [6, 6.07) is 11.1. The molecule has 1 aromatic carbocycles. The lowest BCUT2D eigenvalue weighted by Crippen LogP contribution is -2.46. The number of amides is 2. The number of aromatic nitrogens is 4. The van der Waals surface area contributed by atoms with Gasteiger partial charge >= 0.3 is 0 Å². The van der Waals surface area contributed by atoms with Crippen LogP contribution in [0.5, 0.6) is 0 Å². The van der Waals surface area contributed by atoms with E-state index in [-0.39, 0.29) is 29.3 Å². The Balaban J connectivity index is 1.34. The van der Waals surface area contributed by atoms with E-state index < -0.39 is 0 Å². The first-order valence-electron chi connectivity index (χ1n) is 12.9. The Hall–Kier alpha value is -3.79. The highest BCUT2D eigenvalue weighted by Gasteiger charge is 2.28. The van der Waals surface area contributed by atoms with Crippen molar-refractivity contribution >= 4 is 33.8 Å². The molecule has 3 aromatic heterocycles. The molecular weight excluding hydrogens is 498 g/mol. The smallest absolute Gasteiger partial charge is 0.272 e. The predicted octanol–water partition coefficient (Wildman–Crippen LogP) is 4.73.